The fourth-order valence-corrected chi connectivity index (χ4v) is 4.17. The molecular weight excluding hydrogens is 376 g/mol. The van der Waals surface area contributed by atoms with Crippen LogP contribution in [0.25, 0.3) is 0 Å². The number of hydrogen-bond donors (Lipinski definition) is 2. The number of hydrogen-bond acceptors (Lipinski definition) is 4. The first-order valence-electron chi connectivity index (χ1n) is 9.11. The third-order valence-electron chi connectivity index (χ3n) is 4.70. The van der Waals surface area contributed by atoms with Crippen LogP contribution in [0.15, 0.2) is 59.5 Å². The summed E-state index contributed by atoms with van der Waals surface area (Å²) in [6, 6.07) is 11.3. The van der Waals surface area contributed by atoms with Crippen LogP contribution >= 0.6 is 0 Å². The zero-order valence-corrected chi connectivity index (χ0v) is 16.8. The minimum Gasteiger partial charge on any atom is -0.497 e. The van der Waals surface area contributed by atoms with Gasteiger partial charge in [0.1, 0.15) is 5.75 Å². The summed E-state index contributed by atoms with van der Waals surface area (Å²) in [4.78, 5) is 12.4. The zero-order chi connectivity index (χ0) is 20.1. The molecule has 0 unspecified atom stereocenters. The van der Waals surface area contributed by atoms with Crippen molar-refractivity contribution in [2.45, 2.75) is 31.1 Å². The van der Waals surface area contributed by atoms with E-state index >= 15 is 0 Å². The second-order valence-electron chi connectivity index (χ2n) is 6.83. The first-order valence-corrected chi connectivity index (χ1v) is 10.6. The average Bonchev–Trinajstić information content (AvgIpc) is 3.16. The molecule has 2 N–H and O–H groups in total. The molecule has 1 amide bonds. The monoisotopic (exact) mass is 400 g/mol. The molecule has 0 fully saturated rings. The van der Waals surface area contributed by atoms with Gasteiger partial charge in [0.05, 0.1) is 12.0 Å². The molecule has 6 nitrogen and oxygen atoms in total. The van der Waals surface area contributed by atoms with Gasteiger partial charge in [0.15, 0.2) is 0 Å². The van der Waals surface area contributed by atoms with Crippen LogP contribution in [-0.4, -0.2) is 21.4 Å². The van der Waals surface area contributed by atoms with Gasteiger partial charge >= 0.3 is 0 Å². The summed E-state index contributed by atoms with van der Waals surface area (Å²) in [6.45, 7) is 1.83. The standard InChI is InChI=1S/C21H24N2O4S/c1-15-7-12-19(14-20(15)22-21(24)13-16-5-3-4-6-16)28(25,26)23-17-8-10-18(27-2)11-9-17/h3,5,7-12,14,16,23H,4,6,13H2,1-2H3,(H,22,24)/t16-/m1/s1. The number of nitrogens with one attached hydrogen (secondary N) is 2. The number of allylic oxidation sites excluding steroid dienone is 2. The maximum atomic E-state index is 12.7. The topological polar surface area (TPSA) is 84.5 Å². The molecule has 1 aliphatic rings. The van der Waals surface area contributed by atoms with Gasteiger partial charge in [-0.2, -0.15) is 0 Å². The van der Waals surface area contributed by atoms with Crippen molar-refractivity contribution < 1.29 is 17.9 Å². The number of anilines is 2. The summed E-state index contributed by atoms with van der Waals surface area (Å²) in [6.07, 6.45) is 6.53. The first-order chi connectivity index (χ1) is 13.4. The van der Waals surface area contributed by atoms with E-state index in [1.165, 1.54) is 12.1 Å². The summed E-state index contributed by atoms with van der Waals surface area (Å²) in [5.74, 6) is 0.779. The van der Waals surface area contributed by atoms with Crippen molar-refractivity contribution in [2.24, 2.45) is 5.92 Å². The molecule has 0 heterocycles. The Hall–Kier alpha value is -2.80. The minimum absolute atomic E-state index is 0.0879. The molecule has 0 bridgehead atoms. The second kappa shape index (κ2) is 8.48. The maximum absolute atomic E-state index is 12.7. The molecule has 0 saturated heterocycles. The van der Waals surface area contributed by atoms with Crippen molar-refractivity contribution in [2.75, 3.05) is 17.1 Å². The Kier molecular flexibility index (Phi) is 6.04. The Labute approximate surface area is 165 Å². The highest BCUT2D eigenvalue weighted by Gasteiger charge is 2.18. The Morgan fingerprint density at radius 3 is 2.57 bits per heavy atom. The predicted octanol–water partition coefficient (Wildman–Crippen LogP) is 4.10. The van der Waals surface area contributed by atoms with Crippen LogP contribution in [0.2, 0.25) is 0 Å². The lowest BCUT2D eigenvalue weighted by Crippen LogP contribution is -2.17. The highest BCUT2D eigenvalue weighted by Crippen LogP contribution is 2.25. The van der Waals surface area contributed by atoms with Gasteiger partial charge in [-0.25, -0.2) is 8.42 Å². The van der Waals surface area contributed by atoms with Crippen molar-refractivity contribution in [3.63, 3.8) is 0 Å². The van der Waals surface area contributed by atoms with Crippen LogP contribution < -0.4 is 14.8 Å². The van der Waals surface area contributed by atoms with E-state index in [9.17, 15) is 13.2 Å². The molecular formula is C21H24N2O4S. The first kappa shape index (κ1) is 19.9. The molecule has 3 rings (SSSR count). The lowest BCUT2D eigenvalue weighted by Gasteiger charge is -2.14. The van der Waals surface area contributed by atoms with E-state index in [1.54, 1.807) is 37.4 Å². The smallest absolute Gasteiger partial charge is 0.261 e. The fraction of sp³-hybridized carbons (Fsp3) is 0.286. The van der Waals surface area contributed by atoms with E-state index in [0.717, 1.165) is 18.4 Å². The highest BCUT2D eigenvalue weighted by atomic mass is 32.2. The highest BCUT2D eigenvalue weighted by molar-refractivity contribution is 7.92. The van der Waals surface area contributed by atoms with E-state index in [-0.39, 0.29) is 16.7 Å². The van der Waals surface area contributed by atoms with Gasteiger partial charge < -0.3 is 10.1 Å². The van der Waals surface area contributed by atoms with Crippen molar-refractivity contribution in [1.29, 1.82) is 0 Å². The van der Waals surface area contributed by atoms with E-state index in [4.69, 9.17) is 4.74 Å². The van der Waals surface area contributed by atoms with Gasteiger partial charge in [-0.1, -0.05) is 18.2 Å². The van der Waals surface area contributed by atoms with E-state index in [0.29, 0.717) is 23.5 Å². The molecule has 0 spiro atoms. The van der Waals surface area contributed by atoms with Crippen LogP contribution in [-0.2, 0) is 14.8 Å². The number of benzene rings is 2. The molecule has 0 saturated carbocycles. The summed E-state index contributed by atoms with van der Waals surface area (Å²) in [5, 5.41) is 2.85. The second-order valence-corrected chi connectivity index (χ2v) is 8.51. The maximum Gasteiger partial charge on any atom is 0.261 e. The zero-order valence-electron chi connectivity index (χ0n) is 15.9. The number of amides is 1. The largest absolute Gasteiger partial charge is 0.497 e. The molecule has 148 valence electrons. The number of carbonyl (C=O) groups is 1. The Morgan fingerprint density at radius 2 is 1.93 bits per heavy atom. The molecule has 2 aromatic rings. The minimum atomic E-state index is -3.78. The lowest BCUT2D eigenvalue weighted by molar-refractivity contribution is -0.116. The number of rotatable bonds is 7. The number of sulfonamides is 1. The van der Waals surface area contributed by atoms with Crippen LogP contribution in [0.3, 0.4) is 0 Å². The van der Waals surface area contributed by atoms with Crippen molar-refractivity contribution in [3.05, 3.63) is 60.2 Å². The lowest BCUT2D eigenvalue weighted by atomic mass is 10.0. The summed E-state index contributed by atoms with van der Waals surface area (Å²) in [5.41, 5.74) is 1.74. The fourth-order valence-electron chi connectivity index (χ4n) is 3.08. The summed E-state index contributed by atoms with van der Waals surface area (Å²) < 4.78 is 33.1. The van der Waals surface area contributed by atoms with Crippen molar-refractivity contribution in [1.82, 2.24) is 0 Å². The van der Waals surface area contributed by atoms with Crippen molar-refractivity contribution in [3.8, 4) is 5.75 Å². The van der Waals surface area contributed by atoms with Gasteiger partial charge in [0, 0.05) is 17.8 Å². The third kappa shape index (κ3) is 4.92. The SMILES string of the molecule is COc1ccc(NS(=O)(=O)c2ccc(C)c(NC(=O)C[C@@H]3C=CCC3)c2)cc1. The van der Waals surface area contributed by atoms with Gasteiger partial charge in [-0.3, -0.25) is 9.52 Å². The molecule has 28 heavy (non-hydrogen) atoms. The molecule has 1 aliphatic carbocycles. The molecule has 1 atom stereocenters. The quantitative estimate of drug-likeness (QED) is 0.686. The van der Waals surface area contributed by atoms with E-state index < -0.39 is 10.0 Å². The predicted molar refractivity (Wildman–Crippen MR) is 110 cm³/mol. The third-order valence-corrected chi connectivity index (χ3v) is 6.07. The van der Waals surface area contributed by atoms with Gasteiger partial charge in [-0.05, 0) is 67.6 Å². The number of ether oxygens (including phenoxy) is 1. The van der Waals surface area contributed by atoms with Gasteiger partial charge in [0.2, 0.25) is 5.91 Å². The van der Waals surface area contributed by atoms with Crippen LogP contribution in [0.5, 0.6) is 5.75 Å². The molecule has 2 aromatic carbocycles. The molecule has 0 aliphatic heterocycles. The van der Waals surface area contributed by atoms with Crippen molar-refractivity contribution >= 4 is 27.3 Å². The van der Waals surface area contributed by atoms with Crippen LogP contribution in [0.1, 0.15) is 24.8 Å². The summed E-state index contributed by atoms with van der Waals surface area (Å²) >= 11 is 0. The van der Waals surface area contributed by atoms with Crippen LogP contribution in [0.4, 0.5) is 11.4 Å². The normalized spacial score (nSPS) is 16.0. The molecule has 0 radical (unpaired) electrons. The molecule has 7 heteroatoms. The Morgan fingerprint density at radius 1 is 1.18 bits per heavy atom. The molecule has 0 aromatic heterocycles. The number of aryl methyl sites for hydroxylation is 1. The van der Waals surface area contributed by atoms with Gasteiger partial charge in [-0.15, -0.1) is 0 Å². The number of methoxy groups -OCH3 is 1. The Bertz CT molecular complexity index is 982. The summed E-state index contributed by atoms with van der Waals surface area (Å²) in [7, 11) is -2.24. The van der Waals surface area contributed by atoms with E-state index in [2.05, 4.69) is 22.2 Å². The van der Waals surface area contributed by atoms with Gasteiger partial charge in [0.25, 0.3) is 10.0 Å². The average molecular weight is 401 g/mol. The number of carbonyl (C=O) groups excluding carboxylic acids is 1. The van der Waals surface area contributed by atoms with E-state index in [1.807, 2.05) is 6.92 Å². The Balaban J connectivity index is 1.74. The van der Waals surface area contributed by atoms with Crippen LogP contribution in [0, 0.1) is 12.8 Å².